The number of hydrogen-bond donors (Lipinski definition) is 4. The molecule has 0 amide bonds. The van der Waals surface area contributed by atoms with Gasteiger partial charge in [-0.1, -0.05) is 0 Å². The van der Waals surface area contributed by atoms with Crippen molar-refractivity contribution in [2.24, 2.45) is 0 Å². The Morgan fingerprint density at radius 2 is 1.10 bits per heavy atom. The molecular weight excluding hydrogens is 196 g/mol. The van der Waals surface area contributed by atoms with Gasteiger partial charge < -0.3 is 9.59 Å². The van der Waals surface area contributed by atoms with E-state index < -0.39 is 19.6 Å². The zero-order chi connectivity index (χ0) is 8.08. The average Bonchev–Trinajstić information content (AvgIpc) is 1.19. The van der Waals surface area contributed by atoms with Crippen LogP contribution in [0.1, 0.15) is 0 Å². The first-order chi connectivity index (χ1) is 3.73. The van der Waals surface area contributed by atoms with Gasteiger partial charge in [0, 0.05) is 0 Å². The van der Waals surface area contributed by atoms with Crippen LogP contribution in [0.15, 0.2) is 0 Å². The van der Waals surface area contributed by atoms with E-state index in [9.17, 15) is 0 Å². The Hall–Kier alpha value is 0.253. The van der Waals surface area contributed by atoms with Gasteiger partial charge in [0.1, 0.15) is 0 Å². The minimum atomic E-state index is -4.67. The fourth-order valence-electron chi connectivity index (χ4n) is 0. The maximum absolute atomic E-state index is 8.74. The van der Waals surface area contributed by atoms with Crippen molar-refractivity contribution in [1.29, 1.82) is 0 Å². The summed E-state index contributed by atoms with van der Waals surface area (Å²) in [5, 5.41) is 0. The molecule has 60 valence electrons. The SMILES string of the molecule is O=S(=O)(O)O.O=[Si](O)O.[MgH2]. The Kier molecular flexibility index (Phi) is 12.3. The van der Waals surface area contributed by atoms with Gasteiger partial charge >= 0.3 is 42.6 Å². The molecular formula is H6MgO7SSi. The van der Waals surface area contributed by atoms with E-state index in [4.69, 9.17) is 31.6 Å². The van der Waals surface area contributed by atoms with E-state index >= 15 is 0 Å². The fraction of sp³-hybridized carbons (Fsp3) is 0. The molecule has 0 saturated carbocycles. The van der Waals surface area contributed by atoms with Gasteiger partial charge in [0.25, 0.3) is 0 Å². The molecule has 0 radical (unpaired) electrons. The van der Waals surface area contributed by atoms with E-state index in [1.54, 1.807) is 0 Å². The second-order valence-electron chi connectivity index (χ2n) is 0.730. The van der Waals surface area contributed by atoms with E-state index in [0.717, 1.165) is 0 Å². The van der Waals surface area contributed by atoms with Gasteiger partial charge in [0.15, 0.2) is 0 Å². The predicted molar refractivity (Wildman–Crippen MR) is 33.6 cm³/mol. The van der Waals surface area contributed by atoms with Gasteiger partial charge in [0.05, 0.1) is 0 Å². The topological polar surface area (TPSA) is 132 Å². The molecule has 0 aromatic carbocycles. The molecule has 0 aromatic rings. The van der Waals surface area contributed by atoms with Crippen LogP contribution < -0.4 is 0 Å². The molecule has 0 unspecified atom stereocenters. The summed E-state index contributed by atoms with van der Waals surface area (Å²) < 4.78 is 40.3. The number of rotatable bonds is 0. The molecule has 0 spiro atoms. The molecule has 7 nitrogen and oxygen atoms in total. The van der Waals surface area contributed by atoms with Crippen LogP contribution in [0.3, 0.4) is 0 Å². The van der Waals surface area contributed by atoms with Crippen molar-refractivity contribution in [2.45, 2.75) is 0 Å². The maximum Gasteiger partial charge on any atom is 0.761 e. The standard InChI is InChI=1S/Mg.H2O4S.H2O3Si.2H/c;1-5(2,3)4;1-4(2)3;;/h;(H2,1,2,3,4);1-2H;;. The number of hydrogen-bond acceptors (Lipinski definition) is 3. The summed E-state index contributed by atoms with van der Waals surface area (Å²) in [6.45, 7) is 0. The summed E-state index contributed by atoms with van der Waals surface area (Å²) in [5.41, 5.74) is 0. The second-order valence-corrected chi connectivity index (χ2v) is 2.19. The minimum absolute atomic E-state index is 0. The van der Waals surface area contributed by atoms with E-state index in [1.165, 1.54) is 0 Å². The Bertz CT molecular complexity index is 156. The van der Waals surface area contributed by atoms with Crippen LogP contribution in [-0.4, -0.2) is 59.3 Å². The lowest BCUT2D eigenvalue weighted by Crippen LogP contribution is -1.90. The van der Waals surface area contributed by atoms with Crippen LogP contribution >= 0.6 is 0 Å². The highest BCUT2D eigenvalue weighted by atomic mass is 32.3. The van der Waals surface area contributed by atoms with Crippen molar-refractivity contribution in [3.05, 3.63) is 0 Å². The lowest BCUT2D eigenvalue weighted by Gasteiger charge is -1.68. The minimum Gasteiger partial charge on any atom is -0.511 e. The van der Waals surface area contributed by atoms with Crippen molar-refractivity contribution in [3.8, 4) is 0 Å². The van der Waals surface area contributed by atoms with E-state index in [0.29, 0.717) is 0 Å². The summed E-state index contributed by atoms with van der Waals surface area (Å²) >= 11 is 0. The van der Waals surface area contributed by atoms with Gasteiger partial charge in [0.2, 0.25) is 0 Å². The normalized spacial score (nSPS) is 8.20. The maximum atomic E-state index is 8.74. The third-order valence-corrected chi connectivity index (χ3v) is 0. The van der Waals surface area contributed by atoms with Crippen molar-refractivity contribution in [1.82, 2.24) is 0 Å². The Morgan fingerprint density at radius 1 is 1.10 bits per heavy atom. The zero-order valence-corrected chi connectivity index (χ0v) is 5.74. The van der Waals surface area contributed by atoms with Crippen molar-refractivity contribution in [3.63, 3.8) is 0 Å². The Morgan fingerprint density at radius 3 is 1.10 bits per heavy atom. The van der Waals surface area contributed by atoms with Gasteiger partial charge in [-0.15, -0.1) is 0 Å². The van der Waals surface area contributed by atoms with Crippen molar-refractivity contribution >= 4 is 42.6 Å². The van der Waals surface area contributed by atoms with Crippen molar-refractivity contribution in [2.75, 3.05) is 0 Å². The second kappa shape index (κ2) is 7.36. The molecule has 0 atom stereocenters. The highest BCUT2D eigenvalue weighted by Crippen LogP contribution is 1.59. The van der Waals surface area contributed by atoms with Crippen LogP contribution in [-0.2, 0) is 14.9 Å². The highest BCUT2D eigenvalue weighted by molar-refractivity contribution is 7.79. The average molecular weight is 202 g/mol. The zero-order valence-electron chi connectivity index (χ0n) is 3.92. The molecule has 10 heteroatoms. The van der Waals surface area contributed by atoms with Crippen LogP contribution in [0.4, 0.5) is 0 Å². The lowest BCUT2D eigenvalue weighted by atomic mass is 15.8. The van der Waals surface area contributed by atoms with E-state index in [1.807, 2.05) is 0 Å². The van der Waals surface area contributed by atoms with Crippen LogP contribution in [0.5, 0.6) is 0 Å². The van der Waals surface area contributed by atoms with Crippen LogP contribution in [0, 0.1) is 0 Å². The monoisotopic (exact) mass is 202 g/mol. The molecule has 0 aliphatic carbocycles. The first-order valence-electron chi connectivity index (χ1n) is 1.35. The molecule has 0 bridgehead atoms. The highest BCUT2D eigenvalue weighted by Gasteiger charge is 1.85. The molecule has 0 saturated heterocycles. The third-order valence-electron chi connectivity index (χ3n) is 0. The third kappa shape index (κ3) is 6780. The first kappa shape index (κ1) is 16.7. The van der Waals surface area contributed by atoms with Crippen LogP contribution in [0.25, 0.3) is 0 Å². The van der Waals surface area contributed by atoms with Gasteiger partial charge in [-0.25, -0.2) is 0 Å². The summed E-state index contributed by atoms with van der Waals surface area (Å²) in [7, 11) is -7.80. The molecule has 0 rings (SSSR count). The van der Waals surface area contributed by atoms with E-state index in [2.05, 4.69) is 0 Å². The fourth-order valence-corrected chi connectivity index (χ4v) is 0. The molecule has 0 aromatic heterocycles. The Balaban J connectivity index is -0.0000000910. The van der Waals surface area contributed by atoms with E-state index in [-0.39, 0.29) is 23.1 Å². The smallest absolute Gasteiger partial charge is 0.511 e. The van der Waals surface area contributed by atoms with Gasteiger partial charge in [-0.3, -0.25) is 13.6 Å². The van der Waals surface area contributed by atoms with Gasteiger partial charge in [-0.05, 0) is 0 Å². The summed E-state index contributed by atoms with van der Waals surface area (Å²) in [4.78, 5) is 14.3. The molecule has 0 aliphatic heterocycles. The molecule has 0 fully saturated rings. The summed E-state index contributed by atoms with van der Waals surface area (Å²) in [6.07, 6.45) is 0. The quantitative estimate of drug-likeness (QED) is 0.240. The van der Waals surface area contributed by atoms with Crippen LogP contribution in [0.2, 0.25) is 0 Å². The van der Waals surface area contributed by atoms with Gasteiger partial charge in [-0.2, -0.15) is 8.42 Å². The molecule has 0 aliphatic rings. The molecule has 0 heterocycles. The largest absolute Gasteiger partial charge is 0.761 e. The first-order valence-corrected chi connectivity index (χ1v) is 4.05. The van der Waals surface area contributed by atoms with Crippen molar-refractivity contribution < 1.29 is 31.6 Å². The Labute approximate surface area is 74.3 Å². The summed E-state index contributed by atoms with van der Waals surface area (Å²) in [6, 6.07) is 0. The molecule has 10 heavy (non-hydrogen) atoms. The summed E-state index contributed by atoms with van der Waals surface area (Å²) in [5.74, 6) is 0. The lowest BCUT2D eigenvalue weighted by molar-refractivity contribution is 0.330. The molecule has 4 N–H and O–H groups in total. The predicted octanol–water partition coefficient (Wildman–Crippen LogP) is -3.18.